The van der Waals surface area contributed by atoms with Gasteiger partial charge >= 0.3 is 0 Å². The summed E-state index contributed by atoms with van der Waals surface area (Å²) < 4.78 is 0. The minimum absolute atomic E-state index is 0.206. The molecule has 4 heteroatoms. The van der Waals surface area contributed by atoms with Crippen LogP contribution in [0.1, 0.15) is 10.5 Å². The van der Waals surface area contributed by atoms with Crippen LogP contribution in [0.3, 0.4) is 0 Å². The van der Waals surface area contributed by atoms with E-state index in [1.807, 2.05) is 0 Å². The third-order valence-corrected chi connectivity index (χ3v) is 1.42. The van der Waals surface area contributed by atoms with Crippen LogP contribution in [-0.4, -0.2) is 17.4 Å². The van der Waals surface area contributed by atoms with Crippen LogP contribution in [-0.2, 0) is 0 Å². The van der Waals surface area contributed by atoms with Crippen molar-refractivity contribution in [2.45, 2.75) is 0 Å². The Hall–Kier alpha value is -2.02. The van der Waals surface area contributed by atoms with Gasteiger partial charge < -0.3 is 11.1 Å². The molecule has 1 heterocycles. The number of aromatic nitrogens is 1. The summed E-state index contributed by atoms with van der Waals surface area (Å²) >= 11 is 0. The number of nitrogens with one attached hydrogen (secondary N) is 1. The van der Waals surface area contributed by atoms with Gasteiger partial charge in [0.15, 0.2) is 5.69 Å². The van der Waals surface area contributed by atoms with E-state index in [2.05, 4.69) is 16.2 Å². The molecule has 0 saturated carbocycles. The van der Waals surface area contributed by atoms with Crippen molar-refractivity contribution in [2.24, 2.45) is 5.73 Å². The molecule has 0 unspecified atom stereocenters. The lowest BCUT2D eigenvalue weighted by molar-refractivity contribution is 0.0996. The Balaban J connectivity index is 2.92. The standard InChI is InChI=1S/C9H9N3O/c1-2-5-11-7-4-3-6-12-8(7)9(10)13/h1,3-4,6,11H,5H2,(H2,10,13). The molecule has 66 valence electrons. The lowest BCUT2D eigenvalue weighted by Gasteiger charge is -2.04. The average molecular weight is 175 g/mol. The Morgan fingerprint density at radius 3 is 3.15 bits per heavy atom. The van der Waals surface area contributed by atoms with Gasteiger partial charge in [0.1, 0.15) is 0 Å². The number of carbonyl (C=O) groups is 1. The van der Waals surface area contributed by atoms with Crippen LogP contribution in [0, 0.1) is 12.3 Å². The molecular weight excluding hydrogens is 166 g/mol. The van der Waals surface area contributed by atoms with Crippen LogP contribution < -0.4 is 11.1 Å². The van der Waals surface area contributed by atoms with Crippen molar-refractivity contribution < 1.29 is 4.79 Å². The molecular formula is C9H9N3O. The molecule has 0 saturated heterocycles. The molecule has 3 N–H and O–H groups in total. The van der Waals surface area contributed by atoms with Gasteiger partial charge in [-0.3, -0.25) is 4.79 Å². The summed E-state index contributed by atoms with van der Waals surface area (Å²) in [6.07, 6.45) is 6.55. The number of nitrogens with zero attached hydrogens (tertiary/aromatic N) is 1. The highest BCUT2D eigenvalue weighted by Crippen LogP contribution is 2.10. The molecule has 0 radical (unpaired) electrons. The highest BCUT2D eigenvalue weighted by atomic mass is 16.1. The smallest absolute Gasteiger partial charge is 0.269 e. The fraction of sp³-hybridized carbons (Fsp3) is 0.111. The highest BCUT2D eigenvalue weighted by Gasteiger charge is 2.06. The SMILES string of the molecule is C#CCNc1cccnc1C(N)=O. The minimum Gasteiger partial charge on any atom is -0.372 e. The van der Waals surface area contributed by atoms with Crippen molar-refractivity contribution in [3.63, 3.8) is 0 Å². The Kier molecular flexibility index (Phi) is 2.87. The molecule has 0 fully saturated rings. The first-order valence-corrected chi connectivity index (χ1v) is 3.68. The van der Waals surface area contributed by atoms with Crippen molar-refractivity contribution in [2.75, 3.05) is 11.9 Å². The minimum atomic E-state index is -0.569. The van der Waals surface area contributed by atoms with Crippen LogP contribution in [0.25, 0.3) is 0 Å². The molecule has 1 rings (SSSR count). The van der Waals surface area contributed by atoms with Gasteiger partial charge in [0.25, 0.3) is 5.91 Å². The summed E-state index contributed by atoms with van der Waals surface area (Å²) in [4.78, 5) is 14.7. The summed E-state index contributed by atoms with van der Waals surface area (Å²) in [6, 6.07) is 3.40. The van der Waals surface area contributed by atoms with Crippen LogP contribution in [0.5, 0.6) is 0 Å². The molecule has 0 aromatic carbocycles. The van der Waals surface area contributed by atoms with Gasteiger partial charge in [0.05, 0.1) is 12.2 Å². The van der Waals surface area contributed by atoms with E-state index in [-0.39, 0.29) is 5.69 Å². The summed E-state index contributed by atoms with van der Waals surface area (Å²) in [5.41, 5.74) is 5.86. The molecule has 4 nitrogen and oxygen atoms in total. The topological polar surface area (TPSA) is 68.0 Å². The van der Waals surface area contributed by atoms with Crippen molar-refractivity contribution in [1.82, 2.24) is 4.98 Å². The van der Waals surface area contributed by atoms with E-state index in [9.17, 15) is 4.79 Å². The molecule has 1 aromatic heterocycles. The third kappa shape index (κ3) is 2.20. The third-order valence-electron chi connectivity index (χ3n) is 1.42. The van der Waals surface area contributed by atoms with Gasteiger partial charge in [-0.05, 0) is 12.1 Å². The number of amides is 1. The monoisotopic (exact) mass is 175 g/mol. The number of pyridine rings is 1. The molecule has 0 aliphatic heterocycles. The Morgan fingerprint density at radius 1 is 1.77 bits per heavy atom. The Labute approximate surface area is 76.2 Å². The Bertz CT molecular complexity index is 354. The van der Waals surface area contributed by atoms with Gasteiger partial charge in [0, 0.05) is 6.20 Å². The van der Waals surface area contributed by atoms with Crippen molar-refractivity contribution >= 4 is 11.6 Å². The first kappa shape index (κ1) is 9.07. The molecule has 1 aromatic rings. The molecule has 13 heavy (non-hydrogen) atoms. The maximum atomic E-state index is 10.9. The van der Waals surface area contributed by atoms with Crippen LogP contribution in [0.15, 0.2) is 18.3 Å². The normalized spacial score (nSPS) is 8.85. The number of terminal acetylenes is 1. The number of primary amides is 1. The Morgan fingerprint density at radius 2 is 2.54 bits per heavy atom. The maximum Gasteiger partial charge on any atom is 0.269 e. The van der Waals surface area contributed by atoms with Crippen molar-refractivity contribution in [1.29, 1.82) is 0 Å². The quantitative estimate of drug-likeness (QED) is 0.646. The number of carbonyl (C=O) groups excluding carboxylic acids is 1. The summed E-state index contributed by atoms with van der Waals surface area (Å²) in [6.45, 7) is 0.339. The molecule has 1 amide bonds. The van der Waals surface area contributed by atoms with E-state index < -0.39 is 5.91 Å². The lowest BCUT2D eigenvalue weighted by atomic mass is 10.3. The number of hydrogen-bond acceptors (Lipinski definition) is 3. The van der Waals surface area contributed by atoms with Crippen LogP contribution in [0.4, 0.5) is 5.69 Å². The zero-order valence-corrected chi connectivity index (χ0v) is 6.95. The predicted octanol–water partition coefficient (Wildman–Crippen LogP) is 0.226. The molecule has 0 bridgehead atoms. The number of nitrogens with two attached hydrogens (primary N) is 1. The van der Waals surface area contributed by atoms with E-state index in [4.69, 9.17) is 12.2 Å². The van der Waals surface area contributed by atoms with Gasteiger partial charge in [-0.25, -0.2) is 4.98 Å². The average Bonchev–Trinajstić information content (AvgIpc) is 2.15. The van der Waals surface area contributed by atoms with Crippen LogP contribution in [0.2, 0.25) is 0 Å². The second-order valence-electron chi connectivity index (χ2n) is 2.32. The first-order valence-electron chi connectivity index (χ1n) is 3.68. The maximum absolute atomic E-state index is 10.9. The second-order valence-corrected chi connectivity index (χ2v) is 2.32. The van der Waals surface area contributed by atoms with Crippen LogP contribution >= 0.6 is 0 Å². The second kappa shape index (κ2) is 4.12. The largest absolute Gasteiger partial charge is 0.372 e. The molecule has 0 spiro atoms. The van der Waals surface area contributed by atoms with Gasteiger partial charge in [0.2, 0.25) is 0 Å². The van der Waals surface area contributed by atoms with Crippen molar-refractivity contribution in [3.05, 3.63) is 24.0 Å². The van der Waals surface area contributed by atoms with E-state index in [1.54, 1.807) is 12.1 Å². The first-order chi connectivity index (χ1) is 6.25. The van der Waals surface area contributed by atoms with E-state index >= 15 is 0 Å². The van der Waals surface area contributed by atoms with E-state index in [0.717, 1.165) is 0 Å². The number of anilines is 1. The summed E-state index contributed by atoms with van der Waals surface area (Å²) in [5, 5.41) is 2.84. The summed E-state index contributed by atoms with van der Waals surface area (Å²) in [7, 11) is 0. The number of rotatable bonds is 3. The lowest BCUT2D eigenvalue weighted by Crippen LogP contribution is -2.16. The summed E-state index contributed by atoms with van der Waals surface area (Å²) in [5.74, 6) is 1.82. The van der Waals surface area contributed by atoms with E-state index in [1.165, 1.54) is 6.20 Å². The molecule has 0 atom stereocenters. The fourth-order valence-electron chi connectivity index (χ4n) is 0.891. The van der Waals surface area contributed by atoms with Gasteiger partial charge in [-0.2, -0.15) is 0 Å². The zero-order valence-electron chi connectivity index (χ0n) is 6.95. The molecule has 0 aliphatic carbocycles. The number of hydrogen-bond donors (Lipinski definition) is 2. The van der Waals surface area contributed by atoms with Crippen molar-refractivity contribution in [3.8, 4) is 12.3 Å². The molecule has 0 aliphatic rings. The zero-order chi connectivity index (χ0) is 9.68. The predicted molar refractivity (Wildman–Crippen MR) is 50.1 cm³/mol. The van der Waals surface area contributed by atoms with Gasteiger partial charge in [-0.1, -0.05) is 5.92 Å². The highest BCUT2D eigenvalue weighted by molar-refractivity contribution is 5.96. The fourth-order valence-corrected chi connectivity index (χ4v) is 0.891. The van der Waals surface area contributed by atoms with E-state index in [0.29, 0.717) is 12.2 Å². The van der Waals surface area contributed by atoms with Gasteiger partial charge in [-0.15, -0.1) is 6.42 Å².